The molecule has 0 unspecified atom stereocenters. The quantitative estimate of drug-likeness (QED) is 0.842. The van der Waals surface area contributed by atoms with Gasteiger partial charge in [-0.1, -0.05) is 18.2 Å². The molecule has 2 heterocycles. The first-order valence-electron chi connectivity index (χ1n) is 8.59. The minimum Gasteiger partial charge on any atom is -0.346 e. The molecular weight excluding hydrogens is 288 g/mol. The van der Waals surface area contributed by atoms with E-state index >= 15 is 0 Å². The number of nitrogens with zero attached hydrogens (tertiary/aromatic N) is 2. The molecule has 4 nitrogen and oxygen atoms in total. The smallest absolute Gasteiger partial charge is 0.226 e. The van der Waals surface area contributed by atoms with Gasteiger partial charge in [0.2, 0.25) is 11.8 Å². The zero-order valence-electron chi connectivity index (χ0n) is 14.3. The maximum absolute atomic E-state index is 12.9. The van der Waals surface area contributed by atoms with Crippen LogP contribution in [0.1, 0.15) is 48.4 Å². The summed E-state index contributed by atoms with van der Waals surface area (Å²) >= 11 is 0. The lowest BCUT2D eigenvalue weighted by atomic mass is 9.93. The van der Waals surface area contributed by atoms with Gasteiger partial charge in [0.15, 0.2) is 0 Å². The Bertz CT molecular complexity index is 626. The second kappa shape index (κ2) is 6.34. The highest BCUT2D eigenvalue weighted by Gasteiger charge is 2.36. The lowest BCUT2D eigenvalue weighted by molar-refractivity contribution is -0.145. The minimum absolute atomic E-state index is 0.0940. The predicted octanol–water partition coefficient (Wildman–Crippen LogP) is 2.84. The molecule has 0 radical (unpaired) electrons. The van der Waals surface area contributed by atoms with Crippen molar-refractivity contribution < 1.29 is 9.59 Å². The van der Waals surface area contributed by atoms with Crippen LogP contribution >= 0.6 is 0 Å². The summed E-state index contributed by atoms with van der Waals surface area (Å²) < 4.78 is 0. The molecule has 0 aromatic heterocycles. The van der Waals surface area contributed by atoms with Gasteiger partial charge < -0.3 is 9.80 Å². The van der Waals surface area contributed by atoms with Gasteiger partial charge in [-0.15, -0.1) is 0 Å². The van der Waals surface area contributed by atoms with Gasteiger partial charge in [0.25, 0.3) is 0 Å². The van der Waals surface area contributed by atoms with Gasteiger partial charge in [0.05, 0.1) is 6.04 Å². The zero-order valence-corrected chi connectivity index (χ0v) is 14.3. The molecule has 2 saturated heterocycles. The molecule has 2 fully saturated rings. The van der Waals surface area contributed by atoms with Crippen LogP contribution in [0.25, 0.3) is 0 Å². The molecule has 0 N–H and O–H groups in total. The van der Waals surface area contributed by atoms with E-state index < -0.39 is 0 Å². The molecule has 4 heteroatoms. The molecule has 2 aliphatic heterocycles. The third-order valence-corrected chi connectivity index (χ3v) is 5.46. The van der Waals surface area contributed by atoms with E-state index in [9.17, 15) is 9.59 Å². The molecule has 0 saturated carbocycles. The van der Waals surface area contributed by atoms with Crippen LogP contribution in [0.3, 0.4) is 0 Å². The second-order valence-corrected chi connectivity index (χ2v) is 7.04. The van der Waals surface area contributed by atoms with Gasteiger partial charge in [-0.2, -0.15) is 0 Å². The number of hydrogen-bond donors (Lipinski definition) is 0. The highest BCUT2D eigenvalue weighted by molar-refractivity contribution is 5.87. The third-order valence-electron chi connectivity index (χ3n) is 5.46. The molecular formula is C19H26N2O2. The summed E-state index contributed by atoms with van der Waals surface area (Å²) in [6, 6.07) is 6.69. The maximum atomic E-state index is 12.9. The number of likely N-dealkylation sites (tertiary alicyclic amines) is 2. The molecule has 124 valence electrons. The Morgan fingerprint density at radius 3 is 2.61 bits per heavy atom. The number of piperidine rings is 1. The van der Waals surface area contributed by atoms with Gasteiger partial charge in [0, 0.05) is 32.5 Å². The Balaban J connectivity index is 1.77. The number of rotatable bonds is 2. The van der Waals surface area contributed by atoms with E-state index in [0.29, 0.717) is 13.0 Å². The fourth-order valence-corrected chi connectivity index (χ4v) is 3.74. The topological polar surface area (TPSA) is 40.6 Å². The molecule has 1 aromatic rings. The average molecular weight is 314 g/mol. The van der Waals surface area contributed by atoms with E-state index in [-0.39, 0.29) is 23.8 Å². The summed E-state index contributed by atoms with van der Waals surface area (Å²) in [5.41, 5.74) is 3.79. The largest absolute Gasteiger partial charge is 0.346 e. The van der Waals surface area contributed by atoms with E-state index in [4.69, 9.17) is 0 Å². The van der Waals surface area contributed by atoms with Crippen LogP contribution in [0.15, 0.2) is 18.2 Å². The maximum Gasteiger partial charge on any atom is 0.226 e. The molecule has 3 rings (SSSR count). The molecule has 0 spiro atoms. The van der Waals surface area contributed by atoms with Crippen LogP contribution in [0, 0.1) is 19.8 Å². The molecule has 2 aliphatic rings. The number of benzene rings is 1. The van der Waals surface area contributed by atoms with Crippen molar-refractivity contribution in [1.29, 1.82) is 0 Å². The second-order valence-electron chi connectivity index (χ2n) is 7.04. The lowest BCUT2D eigenvalue weighted by Crippen LogP contribution is -2.43. The molecule has 23 heavy (non-hydrogen) atoms. The van der Waals surface area contributed by atoms with Crippen molar-refractivity contribution in [3.8, 4) is 0 Å². The normalized spacial score (nSPS) is 25.1. The first kappa shape index (κ1) is 16.0. The minimum atomic E-state index is -0.133. The van der Waals surface area contributed by atoms with Crippen molar-refractivity contribution >= 4 is 11.8 Å². The predicted molar refractivity (Wildman–Crippen MR) is 90.0 cm³/mol. The highest BCUT2D eigenvalue weighted by atomic mass is 16.2. The van der Waals surface area contributed by atoms with Crippen LogP contribution in [-0.4, -0.2) is 41.8 Å². The van der Waals surface area contributed by atoms with Crippen molar-refractivity contribution in [3.05, 3.63) is 34.9 Å². The van der Waals surface area contributed by atoms with Crippen LogP contribution in [0.5, 0.6) is 0 Å². The van der Waals surface area contributed by atoms with Crippen LogP contribution in [0.4, 0.5) is 0 Å². The summed E-state index contributed by atoms with van der Waals surface area (Å²) in [6.07, 6.45) is 3.22. The molecule has 2 atom stereocenters. The summed E-state index contributed by atoms with van der Waals surface area (Å²) in [6.45, 7) is 5.74. The van der Waals surface area contributed by atoms with Crippen molar-refractivity contribution in [2.75, 3.05) is 20.1 Å². The summed E-state index contributed by atoms with van der Waals surface area (Å²) in [5, 5.41) is 0. The number of hydrogen-bond acceptors (Lipinski definition) is 2. The van der Waals surface area contributed by atoms with Crippen LogP contribution in [0.2, 0.25) is 0 Å². The van der Waals surface area contributed by atoms with Gasteiger partial charge in [-0.3, -0.25) is 9.59 Å². The van der Waals surface area contributed by atoms with Crippen molar-refractivity contribution in [2.24, 2.45) is 5.92 Å². The summed E-state index contributed by atoms with van der Waals surface area (Å²) in [5.74, 6) is 0.134. The molecule has 0 bridgehead atoms. The van der Waals surface area contributed by atoms with Crippen molar-refractivity contribution in [3.63, 3.8) is 0 Å². The SMILES string of the molecule is Cc1ccc([C@@H]2CCCN2C(=O)[C@@H]2CCN(C)C(=O)C2)cc1C. The lowest BCUT2D eigenvalue weighted by Gasteiger charge is -2.33. The van der Waals surface area contributed by atoms with Gasteiger partial charge in [-0.25, -0.2) is 0 Å². The Labute approximate surface area is 138 Å². The number of aryl methyl sites for hydroxylation is 2. The monoisotopic (exact) mass is 314 g/mol. The van der Waals surface area contributed by atoms with Gasteiger partial charge in [0.1, 0.15) is 0 Å². The highest BCUT2D eigenvalue weighted by Crippen LogP contribution is 2.35. The van der Waals surface area contributed by atoms with Crippen molar-refractivity contribution in [2.45, 2.75) is 45.6 Å². The number of carbonyl (C=O) groups is 2. The van der Waals surface area contributed by atoms with Gasteiger partial charge >= 0.3 is 0 Å². The summed E-state index contributed by atoms with van der Waals surface area (Å²) in [7, 11) is 1.82. The van der Waals surface area contributed by atoms with E-state index in [2.05, 4.69) is 32.0 Å². The fourth-order valence-electron chi connectivity index (χ4n) is 3.74. The van der Waals surface area contributed by atoms with Crippen LogP contribution in [-0.2, 0) is 9.59 Å². The third kappa shape index (κ3) is 3.12. The molecule has 1 aromatic carbocycles. The van der Waals surface area contributed by atoms with E-state index in [1.165, 1.54) is 16.7 Å². The molecule has 2 amide bonds. The first-order chi connectivity index (χ1) is 11.0. The van der Waals surface area contributed by atoms with Crippen LogP contribution < -0.4 is 0 Å². The Hall–Kier alpha value is -1.84. The van der Waals surface area contributed by atoms with E-state index in [1.807, 2.05) is 11.9 Å². The average Bonchev–Trinajstić information content (AvgIpc) is 3.01. The standard InChI is InChI=1S/C19H26N2O2/c1-13-6-7-15(11-14(13)2)17-5-4-9-21(17)19(23)16-8-10-20(3)18(22)12-16/h6-7,11,16-17H,4-5,8-10,12H2,1-3H3/t16-,17+/m1/s1. The zero-order chi connectivity index (χ0) is 16.6. The van der Waals surface area contributed by atoms with E-state index in [1.54, 1.807) is 4.90 Å². The summed E-state index contributed by atoms with van der Waals surface area (Å²) in [4.78, 5) is 28.6. The Kier molecular flexibility index (Phi) is 4.42. The van der Waals surface area contributed by atoms with Crippen molar-refractivity contribution in [1.82, 2.24) is 9.80 Å². The Morgan fingerprint density at radius 1 is 1.13 bits per heavy atom. The van der Waals surface area contributed by atoms with E-state index in [0.717, 1.165) is 25.8 Å². The molecule has 0 aliphatic carbocycles. The fraction of sp³-hybridized carbons (Fsp3) is 0.579. The van der Waals surface area contributed by atoms with Gasteiger partial charge in [-0.05, 0) is 49.8 Å². The number of carbonyl (C=O) groups excluding carboxylic acids is 2. The Morgan fingerprint density at radius 2 is 1.91 bits per heavy atom. The number of amides is 2. The first-order valence-corrected chi connectivity index (χ1v) is 8.59.